The highest BCUT2D eigenvalue weighted by molar-refractivity contribution is 7.90. The molecule has 1 fully saturated rings. The minimum atomic E-state index is -3.64. The summed E-state index contributed by atoms with van der Waals surface area (Å²) >= 11 is 0. The smallest absolute Gasteiger partial charge is 0.319 e. The van der Waals surface area contributed by atoms with E-state index in [4.69, 9.17) is 4.74 Å². The van der Waals surface area contributed by atoms with E-state index in [2.05, 4.69) is 0 Å². The van der Waals surface area contributed by atoms with Gasteiger partial charge < -0.3 is 4.74 Å². The molecule has 0 bridgehead atoms. The quantitative estimate of drug-likeness (QED) is 0.414. The van der Waals surface area contributed by atoms with Crippen LogP contribution in [-0.2, 0) is 30.2 Å². The second-order valence-corrected chi connectivity index (χ2v) is 9.33. The van der Waals surface area contributed by atoms with Crippen LogP contribution in [0.5, 0.6) is 0 Å². The first-order valence-electron chi connectivity index (χ1n) is 7.75. The Hall–Kier alpha value is -1.81. The van der Waals surface area contributed by atoms with Crippen molar-refractivity contribution in [2.24, 2.45) is 0 Å². The molecule has 1 aliphatic rings. The lowest BCUT2D eigenvalue weighted by Gasteiger charge is -2.21. The van der Waals surface area contributed by atoms with Crippen LogP contribution < -0.4 is 0 Å². The number of hydrogen-bond donors (Lipinski definition) is 0. The molecule has 0 saturated heterocycles. The second-order valence-electron chi connectivity index (χ2n) is 5.90. The Labute approximate surface area is 148 Å². The summed E-state index contributed by atoms with van der Waals surface area (Å²) < 4.78 is 40.6. The zero-order valence-electron chi connectivity index (χ0n) is 13.7. The van der Waals surface area contributed by atoms with Gasteiger partial charge in [0.15, 0.2) is 9.84 Å². The molecule has 0 aliphatic heterocycles. The third-order valence-electron chi connectivity index (χ3n) is 3.90. The maximum Gasteiger partial charge on any atom is 0.319 e. The summed E-state index contributed by atoms with van der Waals surface area (Å²) in [5, 5.41) is 11.2. The molecule has 0 aromatic heterocycles. The first-order valence-corrected chi connectivity index (χ1v) is 11.0. The van der Waals surface area contributed by atoms with Gasteiger partial charge in [0.05, 0.1) is 20.6 Å². The van der Waals surface area contributed by atoms with Crippen molar-refractivity contribution >= 4 is 32.3 Å². The van der Waals surface area contributed by atoms with Crippen LogP contribution in [0.15, 0.2) is 28.0 Å². The minimum Gasteiger partial charge on any atom is -0.462 e. The summed E-state index contributed by atoms with van der Waals surface area (Å²) in [6.07, 6.45) is 5.30. The molecular weight excluding hydrogens is 370 g/mol. The molecule has 1 atom stereocenters. The van der Waals surface area contributed by atoms with E-state index >= 15 is 0 Å². The van der Waals surface area contributed by atoms with E-state index in [1.807, 2.05) is 0 Å². The lowest BCUT2D eigenvalue weighted by atomic mass is 9.98. The molecule has 0 heterocycles. The molecular formula is C15H19NO7S2. The van der Waals surface area contributed by atoms with Crippen LogP contribution in [0, 0.1) is 10.1 Å². The Balaban J connectivity index is 2.15. The molecule has 25 heavy (non-hydrogen) atoms. The van der Waals surface area contributed by atoms with Gasteiger partial charge in [-0.25, -0.2) is 8.42 Å². The van der Waals surface area contributed by atoms with Crippen LogP contribution >= 0.6 is 0 Å². The third-order valence-corrected chi connectivity index (χ3v) is 6.34. The fraction of sp³-hybridized carbons (Fsp3) is 0.533. The second kappa shape index (κ2) is 8.05. The zero-order valence-corrected chi connectivity index (χ0v) is 15.3. The highest BCUT2D eigenvalue weighted by Gasteiger charge is 2.25. The van der Waals surface area contributed by atoms with Gasteiger partial charge >= 0.3 is 5.97 Å². The summed E-state index contributed by atoms with van der Waals surface area (Å²) in [6.45, 7) is 0. The average molecular weight is 389 g/mol. The Morgan fingerprint density at radius 3 is 2.52 bits per heavy atom. The number of nitro benzene ring substituents is 1. The maximum absolute atomic E-state index is 12.3. The number of benzene rings is 1. The van der Waals surface area contributed by atoms with Crippen molar-refractivity contribution in [1.29, 1.82) is 0 Å². The molecule has 1 unspecified atom stereocenters. The summed E-state index contributed by atoms with van der Waals surface area (Å²) in [5.41, 5.74) is -0.591. The average Bonchev–Trinajstić information content (AvgIpc) is 2.54. The predicted molar refractivity (Wildman–Crippen MR) is 90.4 cm³/mol. The van der Waals surface area contributed by atoms with E-state index in [1.54, 1.807) is 0 Å². The van der Waals surface area contributed by atoms with Gasteiger partial charge in [-0.15, -0.1) is 0 Å². The molecule has 1 saturated carbocycles. The monoisotopic (exact) mass is 389 g/mol. The van der Waals surface area contributed by atoms with Crippen molar-refractivity contribution in [3.8, 4) is 0 Å². The van der Waals surface area contributed by atoms with Gasteiger partial charge in [0.25, 0.3) is 5.69 Å². The van der Waals surface area contributed by atoms with Crippen LogP contribution in [0.4, 0.5) is 5.69 Å². The number of carbonyl (C=O) groups is 1. The van der Waals surface area contributed by atoms with Crippen molar-refractivity contribution in [3.63, 3.8) is 0 Å². The molecule has 10 heteroatoms. The van der Waals surface area contributed by atoms with Crippen molar-refractivity contribution < 1.29 is 27.1 Å². The Morgan fingerprint density at radius 1 is 1.32 bits per heavy atom. The Morgan fingerprint density at radius 2 is 1.96 bits per heavy atom. The first kappa shape index (κ1) is 19.5. The number of hydrogen-bond acceptors (Lipinski definition) is 7. The fourth-order valence-corrected chi connectivity index (χ4v) is 4.32. The number of nitrogens with zero attached hydrogens (tertiary/aromatic N) is 1. The number of sulfone groups is 1. The number of esters is 1. The first-order chi connectivity index (χ1) is 11.7. The van der Waals surface area contributed by atoms with Gasteiger partial charge in [-0.05, 0) is 37.8 Å². The maximum atomic E-state index is 12.3. The highest BCUT2D eigenvalue weighted by atomic mass is 32.2. The Bertz CT molecular complexity index is 798. The molecule has 1 aromatic rings. The SMILES string of the molecule is CS(=O)(=O)c1ccc(S(=O)CC(=O)OC2CCCCC2)c([N+](=O)[O-])c1. The Kier molecular flexibility index (Phi) is 6.28. The van der Waals surface area contributed by atoms with Gasteiger partial charge in [-0.2, -0.15) is 0 Å². The number of ether oxygens (including phenoxy) is 1. The lowest BCUT2D eigenvalue weighted by molar-refractivity contribution is -0.388. The molecule has 0 spiro atoms. The van der Waals surface area contributed by atoms with Crippen LogP contribution in [-0.4, -0.2) is 41.6 Å². The predicted octanol–water partition coefficient (Wildman–Crippen LogP) is 1.98. The molecule has 0 N–H and O–H groups in total. The van der Waals surface area contributed by atoms with E-state index in [0.717, 1.165) is 56.6 Å². The van der Waals surface area contributed by atoms with Crippen molar-refractivity contribution in [3.05, 3.63) is 28.3 Å². The number of nitro groups is 1. The third kappa shape index (κ3) is 5.33. The standard InChI is InChI=1S/C15H19NO7S2/c1-25(21,22)12-7-8-14(13(9-12)16(18)19)24(20)10-15(17)23-11-5-3-2-4-6-11/h7-9,11H,2-6,10H2,1H3. The van der Waals surface area contributed by atoms with E-state index in [1.165, 1.54) is 0 Å². The van der Waals surface area contributed by atoms with E-state index in [9.17, 15) is 27.5 Å². The van der Waals surface area contributed by atoms with Crippen molar-refractivity contribution in [1.82, 2.24) is 0 Å². The topological polar surface area (TPSA) is 121 Å². The zero-order chi connectivity index (χ0) is 18.6. The molecule has 1 aromatic carbocycles. The highest BCUT2D eigenvalue weighted by Crippen LogP contribution is 2.26. The van der Waals surface area contributed by atoms with Gasteiger partial charge in [0.1, 0.15) is 16.8 Å². The molecule has 2 rings (SSSR count). The van der Waals surface area contributed by atoms with E-state index in [0.29, 0.717) is 0 Å². The largest absolute Gasteiger partial charge is 0.462 e. The summed E-state index contributed by atoms with van der Waals surface area (Å²) in [7, 11) is -5.63. The summed E-state index contributed by atoms with van der Waals surface area (Å²) in [4.78, 5) is 21.8. The van der Waals surface area contributed by atoms with Crippen molar-refractivity contribution in [2.45, 2.75) is 48.0 Å². The molecule has 1 aliphatic carbocycles. The summed E-state index contributed by atoms with van der Waals surface area (Å²) in [6, 6.07) is 3.11. The van der Waals surface area contributed by atoms with Crippen molar-refractivity contribution in [2.75, 3.05) is 12.0 Å². The van der Waals surface area contributed by atoms with E-state index < -0.39 is 43.0 Å². The van der Waals surface area contributed by atoms with Gasteiger partial charge in [-0.1, -0.05) is 6.42 Å². The van der Waals surface area contributed by atoms with Gasteiger partial charge in [0.2, 0.25) is 0 Å². The number of carbonyl (C=O) groups excluding carboxylic acids is 1. The normalized spacial score (nSPS) is 17.0. The molecule has 138 valence electrons. The minimum absolute atomic E-state index is 0.194. The van der Waals surface area contributed by atoms with Gasteiger partial charge in [0, 0.05) is 12.3 Å². The summed E-state index contributed by atoms with van der Waals surface area (Å²) in [5.74, 6) is -1.18. The molecule has 0 radical (unpaired) electrons. The van der Waals surface area contributed by atoms with Crippen LogP contribution in [0.1, 0.15) is 32.1 Å². The van der Waals surface area contributed by atoms with E-state index in [-0.39, 0.29) is 15.9 Å². The van der Waals surface area contributed by atoms with Crippen LogP contribution in [0.3, 0.4) is 0 Å². The molecule has 8 nitrogen and oxygen atoms in total. The van der Waals surface area contributed by atoms with Gasteiger partial charge in [-0.3, -0.25) is 19.1 Å². The van der Waals surface area contributed by atoms with Crippen LogP contribution in [0.25, 0.3) is 0 Å². The fourth-order valence-electron chi connectivity index (χ4n) is 2.65. The van der Waals surface area contributed by atoms with Crippen LogP contribution in [0.2, 0.25) is 0 Å². The molecule has 0 amide bonds. The lowest BCUT2D eigenvalue weighted by Crippen LogP contribution is -2.24. The number of rotatable bonds is 6.